The minimum atomic E-state index is -0.0404. The van der Waals surface area contributed by atoms with Crippen molar-refractivity contribution in [1.29, 1.82) is 0 Å². The quantitative estimate of drug-likeness (QED) is 0.534. The number of likely N-dealkylation sites (tertiary alicyclic amines) is 1. The molecule has 0 radical (unpaired) electrons. The zero-order valence-corrected chi connectivity index (χ0v) is 9.79. The number of nitrogens with one attached hydrogen (secondary N) is 1. The van der Waals surface area contributed by atoms with Gasteiger partial charge in [-0.3, -0.25) is 4.79 Å². The second-order valence-corrected chi connectivity index (χ2v) is 3.99. The molecule has 0 amide bonds. The summed E-state index contributed by atoms with van der Waals surface area (Å²) in [6, 6.07) is 0. The summed E-state index contributed by atoms with van der Waals surface area (Å²) >= 11 is 0. The molecule has 0 spiro atoms. The van der Waals surface area contributed by atoms with Gasteiger partial charge in [0.1, 0.15) is 0 Å². The minimum absolute atomic E-state index is 0.0404. The zero-order chi connectivity index (χ0) is 11.1. The monoisotopic (exact) mass is 214 g/mol. The molecule has 0 aromatic rings. The number of hydrogen-bond acceptors (Lipinski definition) is 4. The van der Waals surface area contributed by atoms with E-state index < -0.39 is 0 Å². The predicted octanol–water partition coefficient (Wildman–Crippen LogP) is 0.481. The Hall–Kier alpha value is -0.610. The normalized spacial score (nSPS) is 19.1. The molecule has 0 aliphatic carbocycles. The largest absolute Gasteiger partial charge is 0.469 e. The van der Waals surface area contributed by atoms with Crippen molar-refractivity contribution in [2.75, 3.05) is 39.8 Å². The molecule has 1 heterocycles. The van der Waals surface area contributed by atoms with Gasteiger partial charge in [0.2, 0.25) is 0 Å². The van der Waals surface area contributed by atoms with Gasteiger partial charge in [-0.05, 0) is 32.5 Å². The van der Waals surface area contributed by atoms with Gasteiger partial charge >= 0.3 is 5.97 Å². The van der Waals surface area contributed by atoms with Gasteiger partial charge < -0.3 is 15.0 Å². The lowest BCUT2D eigenvalue weighted by Crippen LogP contribution is -2.40. The lowest BCUT2D eigenvalue weighted by atomic mass is 9.97. The van der Waals surface area contributed by atoms with Crippen LogP contribution in [-0.4, -0.2) is 50.7 Å². The maximum atomic E-state index is 11.3. The van der Waals surface area contributed by atoms with E-state index in [0.717, 1.165) is 45.6 Å². The van der Waals surface area contributed by atoms with E-state index in [1.54, 1.807) is 0 Å². The van der Waals surface area contributed by atoms with E-state index in [-0.39, 0.29) is 11.9 Å². The number of methoxy groups -OCH3 is 1. The van der Waals surface area contributed by atoms with Gasteiger partial charge in [-0.2, -0.15) is 0 Å². The van der Waals surface area contributed by atoms with Crippen LogP contribution in [0.15, 0.2) is 0 Å². The van der Waals surface area contributed by atoms with E-state index >= 15 is 0 Å². The van der Waals surface area contributed by atoms with Gasteiger partial charge in [0.25, 0.3) is 0 Å². The van der Waals surface area contributed by atoms with E-state index in [0.29, 0.717) is 0 Å². The lowest BCUT2D eigenvalue weighted by Gasteiger charge is -2.30. The van der Waals surface area contributed by atoms with E-state index in [9.17, 15) is 4.79 Å². The van der Waals surface area contributed by atoms with Crippen LogP contribution in [0.4, 0.5) is 0 Å². The molecular formula is C11H22N2O2. The molecule has 4 heteroatoms. The summed E-state index contributed by atoms with van der Waals surface area (Å²) in [4.78, 5) is 13.7. The number of nitrogens with zero attached hydrogens (tertiary/aromatic N) is 1. The molecule has 15 heavy (non-hydrogen) atoms. The average molecular weight is 214 g/mol. The Morgan fingerprint density at radius 1 is 1.47 bits per heavy atom. The molecule has 0 atom stereocenters. The fourth-order valence-corrected chi connectivity index (χ4v) is 1.97. The number of rotatable bonds is 5. The number of hydrogen-bond donors (Lipinski definition) is 1. The number of esters is 1. The summed E-state index contributed by atoms with van der Waals surface area (Å²) in [6.45, 7) is 7.31. The molecular weight excluding hydrogens is 192 g/mol. The van der Waals surface area contributed by atoms with Crippen molar-refractivity contribution in [1.82, 2.24) is 10.2 Å². The van der Waals surface area contributed by atoms with Crippen LogP contribution in [-0.2, 0) is 9.53 Å². The van der Waals surface area contributed by atoms with E-state index in [4.69, 9.17) is 4.74 Å². The molecule has 1 aliphatic heterocycles. The van der Waals surface area contributed by atoms with Gasteiger partial charge in [0.15, 0.2) is 0 Å². The molecule has 1 saturated heterocycles. The van der Waals surface area contributed by atoms with E-state index in [2.05, 4.69) is 17.1 Å². The molecule has 1 N–H and O–H groups in total. The number of likely N-dealkylation sites (N-methyl/N-ethyl adjacent to an activating group) is 1. The first-order valence-electron chi connectivity index (χ1n) is 5.78. The van der Waals surface area contributed by atoms with Crippen molar-refractivity contribution in [3.63, 3.8) is 0 Å². The summed E-state index contributed by atoms with van der Waals surface area (Å²) in [7, 11) is 1.47. The van der Waals surface area contributed by atoms with Gasteiger partial charge in [-0.1, -0.05) is 6.92 Å². The molecule has 0 aromatic carbocycles. The highest BCUT2D eigenvalue weighted by molar-refractivity contribution is 5.72. The van der Waals surface area contributed by atoms with E-state index in [1.165, 1.54) is 7.11 Å². The third-order valence-corrected chi connectivity index (χ3v) is 2.98. The Kier molecular flexibility index (Phi) is 5.65. The number of carbonyl (C=O) groups is 1. The first-order valence-corrected chi connectivity index (χ1v) is 5.78. The highest BCUT2D eigenvalue weighted by atomic mass is 16.5. The lowest BCUT2D eigenvalue weighted by molar-refractivity contribution is -0.147. The maximum Gasteiger partial charge on any atom is 0.308 e. The smallest absolute Gasteiger partial charge is 0.308 e. The third-order valence-electron chi connectivity index (χ3n) is 2.98. The Labute approximate surface area is 92.0 Å². The molecule has 0 aromatic heterocycles. The van der Waals surface area contributed by atoms with Crippen LogP contribution in [0.5, 0.6) is 0 Å². The number of piperidine rings is 1. The van der Waals surface area contributed by atoms with Crippen LogP contribution in [0.3, 0.4) is 0 Å². The minimum Gasteiger partial charge on any atom is -0.469 e. The van der Waals surface area contributed by atoms with Crippen LogP contribution < -0.4 is 5.32 Å². The standard InChI is InChI=1S/C11H22N2O2/c1-3-12-6-9-13-7-4-10(5-8-13)11(14)15-2/h10,12H,3-9H2,1-2H3. The van der Waals surface area contributed by atoms with Crippen molar-refractivity contribution in [2.24, 2.45) is 5.92 Å². The highest BCUT2D eigenvalue weighted by Gasteiger charge is 2.24. The second kappa shape index (κ2) is 6.80. The van der Waals surface area contributed by atoms with Gasteiger partial charge in [0, 0.05) is 13.1 Å². The maximum absolute atomic E-state index is 11.3. The first-order chi connectivity index (χ1) is 7.27. The van der Waals surface area contributed by atoms with Crippen molar-refractivity contribution < 1.29 is 9.53 Å². The fourth-order valence-electron chi connectivity index (χ4n) is 1.97. The SMILES string of the molecule is CCNCCN1CCC(C(=O)OC)CC1. The Balaban J connectivity index is 2.15. The van der Waals surface area contributed by atoms with Crippen molar-refractivity contribution >= 4 is 5.97 Å². The number of carbonyl (C=O) groups excluding carboxylic acids is 1. The Morgan fingerprint density at radius 2 is 2.13 bits per heavy atom. The first kappa shape index (κ1) is 12.5. The fraction of sp³-hybridized carbons (Fsp3) is 0.909. The second-order valence-electron chi connectivity index (χ2n) is 3.99. The average Bonchev–Trinajstić information content (AvgIpc) is 2.29. The molecule has 88 valence electrons. The molecule has 0 saturated carbocycles. The van der Waals surface area contributed by atoms with Crippen LogP contribution in [0.1, 0.15) is 19.8 Å². The summed E-state index contributed by atoms with van der Waals surface area (Å²) in [5.41, 5.74) is 0. The van der Waals surface area contributed by atoms with Crippen molar-refractivity contribution in [2.45, 2.75) is 19.8 Å². The molecule has 0 unspecified atom stereocenters. The zero-order valence-electron chi connectivity index (χ0n) is 9.79. The summed E-state index contributed by atoms with van der Waals surface area (Å²) in [5.74, 6) is 0.0896. The molecule has 4 nitrogen and oxygen atoms in total. The Bertz CT molecular complexity index is 189. The van der Waals surface area contributed by atoms with Crippen LogP contribution in [0.2, 0.25) is 0 Å². The topological polar surface area (TPSA) is 41.6 Å². The third kappa shape index (κ3) is 4.18. The van der Waals surface area contributed by atoms with Gasteiger partial charge in [-0.15, -0.1) is 0 Å². The van der Waals surface area contributed by atoms with E-state index in [1.807, 2.05) is 0 Å². The van der Waals surface area contributed by atoms with Crippen LogP contribution in [0.25, 0.3) is 0 Å². The van der Waals surface area contributed by atoms with Crippen LogP contribution >= 0.6 is 0 Å². The summed E-state index contributed by atoms with van der Waals surface area (Å²) < 4.78 is 4.75. The Morgan fingerprint density at radius 3 is 2.67 bits per heavy atom. The summed E-state index contributed by atoms with van der Waals surface area (Å²) in [5, 5.41) is 3.31. The number of ether oxygens (including phenoxy) is 1. The van der Waals surface area contributed by atoms with Crippen molar-refractivity contribution in [3.05, 3.63) is 0 Å². The van der Waals surface area contributed by atoms with Crippen molar-refractivity contribution in [3.8, 4) is 0 Å². The molecule has 0 bridgehead atoms. The molecule has 1 fully saturated rings. The van der Waals surface area contributed by atoms with Gasteiger partial charge in [-0.25, -0.2) is 0 Å². The highest BCUT2D eigenvalue weighted by Crippen LogP contribution is 2.17. The van der Waals surface area contributed by atoms with Gasteiger partial charge in [0.05, 0.1) is 13.0 Å². The molecule has 1 rings (SSSR count). The summed E-state index contributed by atoms with van der Waals surface area (Å²) in [6.07, 6.45) is 1.89. The van der Waals surface area contributed by atoms with Crippen LogP contribution in [0, 0.1) is 5.92 Å². The molecule has 1 aliphatic rings. The predicted molar refractivity (Wildman–Crippen MR) is 59.7 cm³/mol.